The number of aliphatic hydroxyl groups is 1. The standard InChI is InChI=1S/C5H7ClN2O2S/c6-11(10)5-1-2-8(7-5)3-4-9/h1-2,9H,3-4H2. The number of aliphatic hydroxyl groups excluding tert-OH is 1. The van der Waals surface area contributed by atoms with E-state index < -0.39 is 10.0 Å². The highest BCUT2D eigenvalue weighted by atomic mass is 35.7. The van der Waals surface area contributed by atoms with Crippen LogP contribution in [0.3, 0.4) is 0 Å². The summed E-state index contributed by atoms with van der Waals surface area (Å²) in [6.45, 7) is 0.407. The molecule has 62 valence electrons. The molecule has 0 saturated heterocycles. The van der Waals surface area contributed by atoms with Gasteiger partial charge in [0.05, 0.1) is 13.2 Å². The molecule has 6 heteroatoms. The lowest BCUT2D eigenvalue weighted by Gasteiger charge is -1.93. The van der Waals surface area contributed by atoms with Gasteiger partial charge in [0.25, 0.3) is 0 Å². The van der Waals surface area contributed by atoms with E-state index in [9.17, 15) is 4.21 Å². The summed E-state index contributed by atoms with van der Waals surface area (Å²) in [7, 11) is 3.70. The van der Waals surface area contributed by atoms with E-state index in [1.807, 2.05) is 0 Å². The van der Waals surface area contributed by atoms with Gasteiger partial charge in [-0.05, 0) is 16.7 Å². The van der Waals surface area contributed by atoms with E-state index in [4.69, 9.17) is 15.8 Å². The van der Waals surface area contributed by atoms with Gasteiger partial charge in [0.1, 0.15) is 0 Å². The van der Waals surface area contributed by atoms with Crippen LogP contribution in [0.1, 0.15) is 0 Å². The molecule has 0 aliphatic carbocycles. The molecule has 0 saturated carbocycles. The first-order valence-corrected chi connectivity index (χ1v) is 4.94. The van der Waals surface area contributed by atoms with Crippen molar-refractivity contribution >= 4 is 20.7 Å². The van der Waals surface area contributed by atoms with Crippen LogP contribution in [0.15, 0.2) is 17.3 Å². The lowest BCUT2D eigenvalue weighted by atomic mass is 10.7. The van der Waals surface area contributed by atoms with E-state index >= 15 is 0 Å². The average Bonchev–Trinajstić information content (AvgIpc) is 2.37. The van der Waals surface area contributed by atoms with Crippen LogP contribution in [0, 0.1) is 0 Å². The Morgan fingerprint density at radius 3 is 3.00 bits per heavy atom. The van der Waals surface area contributed by atoms with Gasteiger partial charge in [-0.15, -0.1) is 0 Å². The van der Waals surface area contributed by atoms with Crippen LogP contribution in [-0.2, 0) is 16.6 Å². The Morgan fingerprint density at radius 2 is 2.55 bits per heavy atom. The van der Waals surface area contributed by atoms with Crippen molar-refractivity contribution in [3.8, 4) is 0 Å². The molecule has 0 aliphatic heterocycles. The molecule has 11 heavy (non-hydrogen) atoms. The fourth-order valence-electron chi connectivity index (χ4n) is 0.656. The van der Waals surface area contributed by atoms with Crippen LogP contribution in [0.5, 0.6) is 0 Å². The van der Waals surface area contributed by atoms with Gasteiger partial charge in [-0.3, -0.25) is 4.68 Å². The Hall–Kier alpha value is -0.390. The maximum Gasteiger partial charge on any atom is 0.168 e. The molecule has 4 nitrogen and oxygen atoms in total. The number of nitrogens with zero attached hydrogens (tertiary/aromatic N) is 2. The fourth-order valence-corrected chi connectivity index (χ4v) is 1.24. The number of hydrogen-bond donors (Lipinski definition) is 1. The minimum Gasteiger partial charge on any atom is -0.394 e. The van der Waals surface area contributed by atoms with Crippen LogP contribution in [-0.4, -0.2) is 25.7 Å². The van der Waals surface area contributed by atoms with Crippen LogP contribution in [0.25, 0.3) is 0 Å². The van der Waals surface area contributed by atoms with Gasteiger partial charge in [-0.1, -0.05) is 0 Å². The normalized spacial score (nSPS) is 13.3. The lowest BCUT2D eigenvalue weighted by Crippen LogP contribution is -2.02. The minimum absolute atomic E-state index is 0.00996. The molecule has 0 radical (unpaired) electrons. The third-order valence-electron chi connectivity index (χ3n) is 1.11. The summed E-state index contributed by atoms with van der Waals surface area (Å²) >= 11 is 0. The summed E-state index contributed by atoms with van der Waals surface area (Å²) in [4.78, 5) is 0. The van der Waals surface area contributed by atoms with Gasteiger partial charge in [-0.2, -0.15) is 5.10 Å². The van der Waals surface area contributed by atoms with Crippen molar-refractivity contribution in [1.82, 2.24) is 9.78 Å². The maximum atomic E-state index is 10.6. The quantitative estimate of drug-likeness (QED) is 0.697. The first-order chi connectivity index (χ1) is 5.24. The molecular formula is C5H7ClN2O2S. The summed E-state index contributed by atoms with van der Waals surface area (Å²) < 4.78 is 12.1. The molecule has 1 heterocycles. The maximum absolute atomic E-state index is 10.6. The zero-order valence-electron chi connectivity index (χ0n) is 5.61. The van der Waals surface area contributed by atoms with Crippen molar-refractivity contribution in [2.75, 3.05) is 6.61 Å². The number of aromatic nitrogens is 2. The van der Waals surface area contributed by atoms with E-state index in [1.54, 1.807) is 12.3 Å². The van der Waals surface area contributed by atoms with E-state index in [0.717, 1.165) is 0 Å². The van der Waals surface area contributed by atoms with Crippen molar-refractivity contribution in [3.63, 3.8) is 0 Å². The minimum atomic E-state index is -1.55. The Kier molecular flexibility index (Phi) is 3.04. The van der Waals surface area contributed by atoms with Crippen molar-refractivity contribution in [3.05, 3.63) is 12.3 Å². The second kappa shape index (κ2) is 3.85. The molecule has 1 aromatic heterocycles. The number of rotatable bonds is 3. The zero-order chi connectivity index (χ0) is 8.27. The third kappa shape index (κ3) is 2.28. The van der Waals surface area contributed by atoms with E-state index in [1.165, 1.54) is 4.68 Å². The first-order valence-electron chi connectivity index (χ1n) is 2.96. The van der Waals surface area contributed by atoms with Gasteiger partial charge in [0.15, 0.2) is 15.0 Å². The van der Waals surface area contributed by atoms with Gasteiger partial charge < -0.3 is 5.11 Å². The molecule has 0 fully saturated rings. The highest BCUT2D eigenvalue weighted by Crippen LogP contribution is 2.05. The van der Waals surface area contributed by atoms with Gasteiger partial charge >= 0.3 is 0 Å². The largest absolute Gasteiger partial charge is 0.394 e. The SMILES string of the molecule is O=S(Cl)c1ccn(CCO)n1. The van der Waals surface area contributed by atoms with Gasteiger partial charge in [0.2, 0.25) is 0 Å². The van der Waals surface area contributed by atoms with Crippen LogP contribution in [0.4, 0.5) is 0 Å². The van der Waals surface area contributed by atoms with Crippen molar-refractivity contribution in [2.24, 2.45) is 0 Å². The average molecular weight is 195 g/mol. The highest BCUT2D eigenvalue weighted by Gasteiger charge is 2.02. The smallest absolute Gasteiger partial charge is 0.168 e. The summed E-state index contributed by atoms with van der Waals surface area (Å²) in [5.41, 5.74) is 0. The van der Waals surface area contributed by atoms with Crippen LogP contribution in [0.2, 0.25) is 0 Å². The lowest BCUT2D eigenvalue weighted by molar-refractivity contribution is 0.268. The molecule has 1 atom stereocenters. The van der Waals surface area contributed by atoms with E-state index in [2.05, 4.69) is 5.10 Å². The molecule has 0 aliphatic rings. The Bertz CT molecular complexity index is 263. The van der Waals surface area contributed by atoms with Gasteiger partial charge in [-0.25, -0.2) is 4.21 Å². The molecule has 0 bridgehead atoms. The predicted octanol–water partition coefficient (Wildman–Crippen LogP) is 0.137. The zero-order valence-corrected chi connectivity index (χ0v) is 7.18. The summed E-state index contributed by atoms with van der Waals surface area (Å²) in [6, 6.07) is 1.55. The van der Waals surface area contributed by atoms with Crippen molar-refractivity contribution in [2.45, 2.75) is 11.6 Å². The third-order valence-corrected chi connectivity index (χ3v) is 2.13. The molecule has 1 N–H and O–H groups in total. The predicted molar refractivity (Wildman–Crippen MR) is 41.6 cm³/mol. The van der Waals surface area contributed by atoms with E-state index in [-0.39, 0.29) is 6.61 Å². The topological polar surface area (TPSA) is 55.1 Å². The molecule has 0 amide bonds. The Morgan fingerprint density at radius 1 is 1.82 bits per heavy atom. The summed E-state index contributed by atoms with van der Waals surface area (Å²) in [6.07, 6.45) is 1.62. The second-order valence-corrected chi connectivity index (χ2v) is 3.57. The van der Waals surface area contributed by atoms with E-state index in [0.29, 0.717) is 11.6 Å². The molecule has 0 spiro atoms. The monoisotopic (exact) mass is 194 g/mol. The number of hydrogen-bond acceptors (Lipinski definition) is 3. The molecular weight excluding hydrogens is 188 g/mol. The number of halogens is 1. The second-order valence-electron chi connectivity index (χ2n) is 1.86. The fraction of sp³-hybridized carbons (Fsp3) is 0.400. The molecule has 0 aromatic carbocycles. The van der Waals surface area contributed by atoms with Crippen LogP contribution < -0.4 is 0 Å². The summed E-state index contributed by atoms with van der Waals surface area (Å²) in [5, 5.41) is 12.6. The molecule has 1 rings (SSSR count). The summed E-state index contributed by atoms with van der Waals surface area (Å²) in [5.74, 6) is 0. The molecule has 1 aromatic rings. The highest BCUT2D eigenvalue weighted by molar-refractivity contribution is 8.08. The Balaban J connectivity index is 2.73. The van der Waals surface area contributed by atoms with Crippen molar-refractivity contribution < 1.29 is 9.32 Å². The first kappa shape index (κ1) is 8.70. The Labute approximate surface area is 70.7 Å². The van der Waals surface area contributed by atoms with Gasteiger partial charge in [0, 0.05) is 6.20 Å². The van der Waals surface area contributed by atoms with Crippen LogP contribution >= 0.6 is 10.7 Å². The molecule has 1 unspecified atom stereocenters. The van der Waals surface area contributed by atoms with Crippen molar-refractivity contribution in [1.29, 1.82) is 0 Å².